The molecule has 1 rings (SSSR count). The van der Waals surface area contributed by atoms with Crippen molar-refractivity contribution >= 4 is 5.97 Å². The van der Waals surface area contributed by atoms with E-state index in [9.17, 15) is 9.70 Å². The number of carboxylic acid groups (broad SMARTS) is 1. The van der Waals surface area contributed by atoms with Crippen molar-refractivity contribution in [1.29, 1.82) is 0 Å². The third kappa shape index (κ3) is 4.34. The molecule has 7 heteroatoms. The molecule has 19 heavy (non-hydrogen) atoms. The number of nitrogens with one attached hydrogen (secondary N) is 1. The molecule has 0 unspecified atom stereocenters. The summed E-state index contributed by atoms with van der Waals surface area (Å²) in [5.74, 6) is -1.16. The van der Waals surface area contributed by atoms with E-state index in [2.05, 4.69) is 5.59 Å². The van der Waals surface area contributed by atoms with Gasteiger partial charge in [0.05, 0.1) is 29.0 Å². The number of nitrogens with zero attached hydrogens (tertiary/aromatic N) is 2. The molecule has 0 aromatic heterocycles. The first-order valence-electron chi connectivity index (χ1n) is 6.64. The van der Waals surface area contributed by atoms with E-state index in [4.69, 9.17) is 9.94 Å². The maximum absolute atomic E-state index is 11.9. The first kappa shape index (κ1) is 15.7. The highest BCUT2D eigenvalue weighted by atomic mass is 16.7. The minimum Gasteiger partial charge on any atom is -0.481 e. The van der Waals surface area contributed by atoms with Crippen molar-refractivity contribution in [3.05, 3.63) is 4.91 Å². The Morgan fingerprint density at radius 1 is 1.47 bits per heavy atom. The molecule has 1 fully saturated rings. The Balaban J connectivity index is 2.41. The molecule has 1 aliphatic rings. The van der Waals surface area contributed by atoms with Crippen LogP contribution in [0.3, 0.4) is 0 Å². The first-order valence-corrected chi connectivity index (χ1v) is 6.64. The van der Waals surface area contributed by atoms with Crippen LogP contribution in [-0.4, -0.2) is 39.3 Å². The summed E-state index contributed by atoms with van der Waals surface area (Å²) >= 11 is 0. The molecule has 0 amide bonds. The lowest BCUT2D eigenvalue weighted by molar-refractivity contribution is -0.801. The van der Waals surface area contributed by atoms with Gasteiger partial charge in [-0.3, -0.25) is 4.79 Å². The Hall–Kier alpha value is -1.37. The highest BCUT2D eigenvalue weighted by Crippen LogP contribution is 2.27. The number of carboxylic acids is 1. The molecule has 7 nitrogen and oxygen atoms in total. The fourth-order valence-electron chi connectivity index (χ4n) is 2.32. The number of hydrogen-bond acceptors (Lipinski definition) is 3. The number of carbonyl (C=O) groups is 1. The van der Waals surface area contributed by atoms with Gasteiger partial charge in [-0.1, -0.05) is 0 Å². The Labute approximate surface area is 113 Å². The van der Waals surface area contributed by atoms with Gasteiger partial charge in [-0.15, -0.1) is 5.01 Å². The number of hydrogen-bond donors (Lipinski definition) is 2. The van der Waals surface area contributed by atoms with Crippen LogP contribution in [0.15, 0.2) is 0 Å². The molecule has 0 aromatic rings. The lowest BCUT2D eigenvalue weighted by Crippen LogP contribution is -2.52. The summed E-state index contributed by atoms with van der Waals surface area (Å²) < 4.78 is 0. The van der Waals surface area contributed by atoms with Crippen molar-refractivity contribution in [3.8, 4) is 0 Å². The number of aliphatic carboxylic acids is 1. The van der Waals surface area contributed by atoms with Crippen LogP contribution in [0, 0.1) is 10.8 Å². The SMILES string of the molecule is CCN([N+](=O)NO[C@@H]1CC[C@@H](C(=O)O)C1)C(C)(C)C. The van der Waals surface area contributed by atoms with Gasteiger partial charge < -0.3 is 5.11 Å². The van der Waals surface area contributed by atoms with Gasteiger partial charge in [-0.25, -0.2) is 4.84 Å². The van der Waals surface area contributed by atoms with Crippen LogP contribution in [0.25, 0.3) is 0 Å². The molecule has 2 N–H and O–H groups in total. The molecule has 0 saturated heterocycles. The Morgan fingerprint density at radius 2 is 2.11 bits per heavy atom. The standard InChI is InChI=1S/C12H23N3O4/c1-5-14(12(2,3)4)15(18)13-19-10-7-6-9(8-10)11(16)17/h9-10H,5-8H2,1-4H3,(H-,13,16,17,18)/p+1/t9-,10-/m1/s1. The van der Waals surface area contributed by atoms with Crippen LogP contribution in [0.5, 0.6) is 0 Å². The minimum atomic E-state index is -0.796. The van der Waals surface area contributed by atoms with Crippen LogP contribution in [0.4, 0.5) is 0 Å². The second-order valence-corrected chi connectivity index (χ2v) is 5.84. The van der Waals surface area contributed by atoms with Crippen molar-refractivity contribution in [2.45, 2.75) is 58.6 Å². The van der Waals surface area contributed by atoms with E-state index in [1.807, 2.05) is 27.7 Å². The van der Waals surface area contributed by atoms with Crippen molar-refractivity contribution in [2.24, 2.45) is 5.92 Å². The first-order chi connectivity index (χ1) is 8.75. The summed E-state index contributed by atoms with van der Waals surface area (Å²) in [5.41, 5.74) is 2.04. The second kappa shape index (κ2) is 6.18. The lowest BCUT2D eigenvalue weighted by Gasteiger charge is -2.25. The third-order valence-electron chi connectivity index (χ3n) is 3.32. The molecule has 0 heterocycles. The minimum absolute atomic E-state index is 0.226. The molecule has 0 aromatic carbocycles. The molecule has 0 bridgehead atoms. The van der Waals surface area contributed by atoms with E-state index in [1.165, 1.54) is 0 Å². The molecule has 110 valence electrons. The Morgan fingerprint density at radius 3 is 2.53 bits per heavy atom. The van der Waals surface area contributed by atoms with Crippen LogP contribution >= 0.6 is 0 Å². The Bertz CT molecular complexity index is 340. The smallest absolute Gasteiger partial charge is 0.306 e. The van der Waals surface area contributed by atoms with Gasteiger partial charge in [0.15, 0.2) is 0 Å². The summed E-state index contributed by atoms with van der Waals surface area (Å²) in [6.45, 7) is 8.22. The zero-order valence-corrected chi connectivity index (χ0v) is 12.0. The maximum Gasteiger partial charge on any atom is 0.306 e. The van der Waals surface area contributed by atoms with E-state index < -0.39 is 5.97 Å². The zero-order valence-electron chi connectivity index (χ0n) is 12.0. The molecule has 1 saturated carbocycles. The van der Waals surface area contributed by atoms with Crippen LogP contribution in [0.2, 0.25) is 0 Å². The average molecular weight is 274 g/mol. The molecule has 0 aliphatic heterocycles. The van der Waals surface area contributed by atoms with Gasteiger partial charge >= 0.3 is 5.97 Å². The van der Waals surface area contributed by atoms with Gasteiger partial charge in [0.1, 0.15) is 0 Å². The van der Waals surface area contributed by atoms with Crippen molar-refractivity contribution in [2.75, 3.05) is 6.54 Å². The lowest BCUT2D eigenvalue weighted by atomic mass is 10.1. The van der Waals surface area contributed by atoms with Crippen molar-refractivity contribution < 1.29 is 19.7 Å². The van der Waals surface area contributed by atoms with Gasteiger partial charge in [-0.05, 0) is 47.0 Å². The third-order valence-corrected chi connectivity index (χ3v) is 3.32. The highest BCUT2D eigenvalue weighted by Gasteiger charge is 2.35. The van der Waals surface area contributed by atoms with E-state index in [1.54, 1.807) is 5.01 Å². The Kier molecular flexibility index (Phi) is 5.11. The van der Waals surface area contributed by atoms with Crippen molar-refractivity contribution in [1.82, 2.24) is 10.6 Å². The summed E-state index contributed by atoms with van der Waals surface area (Å²) in [7, 11) is 0. The number of rotatable bonds is 6. The fourth-order valence-corrected chi connectivity index (χ4v) is 2.32. The summed E-state index contributed by atoms with van der Waals surface area (Å²) in [6.07, 6.45) is 1.46. The van der Waals surface area contributed by atoms with Gasteiger partial charge in [-0.2, -0.15) is 0 Å². The van der Waals surface area contributed by atoms with E-state index in [0.717, 1.165) is 0 Å². The monoisotopic (exact) mass is 274 g/mol. The fraction of sp³-hybridized carbons (Fsp3) is 0.917. The predicted octanol–water partition coefficient (Wildman–Crippen LogP) is 1.49. The van der Waals surface area contributed by atoms with Crippen LogP contribution in [-0.2, 0) is 9.63 Å². The predicted molar refractivity (Wildman–Crippen MR) is 68.7 cm³/mol. The van der Waals surface area contributed by atoms with Gasteiger partial charge in [0, 0.05) is 5.59 Å². The molecule has 0 radical (unpaired) electrons. The quantitative estimate of drug-likeness (QED) is 0.564. The summed E-state index contributed by atoms with van der Waals surface area (Å²) in [6, 6.07) is 0. The van der Waals surface area contributed by atoms with Crippen LogP contribution < -0.4 is 5.59 Å². The average Bonchev–Trinajstić information content (AvgIpc) is 2.74. The summed E-state index contributed by atoms with van der Waals surface area (Å²) in [4.78, 5) is 28.6. The maximum atomic E-state index is 11.9. The van der Waals surface area contributed by atoms with E-state index in [0.29, 0.717) is 30.8 Å². The van der Waals surface area contributed by atoms with Gasteiger partial charge in [0.2, 0.25) is 0 Å². The molecule has 0 spiro atoms. The molecular formula is C12H24N3O4+. The highest BCUT2D eigenvalue weighted by molar-refractivity contribution is 5.70. The molecule has 2 atom stereocenters. The van der Waals surface area contributed by atoms with Gasteiger partial charge in [0.25, 0.3) is 4.98 Å². The number of hydrazine groups is 2. The van der Waals surface area contributed by atoms with Crippen molar-refractivity contribution in [3.63, 3.8) is 0 Å². The zero-order chi connectivity index (χ0) is 14.6. The molecular weight excluding hydrogens is 250 g/mol. The largest absolute Gasteiger partial charge is 0.481 e. The second-order valence-electron chi connectivity index (χ2n) is 5.84. The van der Waals surface area contributed by atoms with Crippen LogP contribution in [0.1, 0.15) is 47.0 Å². The normalized spacial score (nSPS) is 23.2. The number of nitroso groups, excluding NO2 is 1. The summed E-state index contributed by atoms with van der Waals surface area (Å²) in [5, 5.41) is 10.5. The molecule has 1 aliphatic carbocycles. The van der Waals surface area contributed by atoms with E-state index >= 15 is 0 Å². The van der Waals surface area contributed by atoms with E-state index in [-0.39, 0.29) is 17.6 Å². The topological polar surface area (TPSA) is 81.9 Å².